The Morgan fingerprint density at radius 1 is 0.738 bits per heavy atom. The van der Waals surface area contributed by atoms with Crippen LogP contribution in [0.25, 0.3) is 21.9 Å². The lowest BCUT2D eigenvalue weighted by molar-refractivity contribution is -0.189. The van der Waals surface area contributed by atoms with Gasteiger partial charge in [-0.1, -0.05) is 37.8 Å². The van der Waals surface area contributed by atoms with E-state index in [4.69, 9.17) is 0 Å². The quantitative estimate of drug-likeness (QED) is 0.111. The van der Waals surface area contributed by atoms with Gasteiger partial charge in [0.05, 0.1) is 5.56 Å². The summed E-state index contributed by atoms with van der Waals surface area (Å²) in [6, 6.07) is 7.95. The van der Waals surface area contributed by atoms with Crippen molar-refractivity contribution >= 4 is 10.8 Å². The normalized spacial score (nSPS) is 11.9. The SMILES string of the molecule is CCCCCc1ccc(-c2cc(F)c(C(F)(F)Oc3ccc4c(F)c(C#CC(F)(F)F)c(F)cc4c3)c(F)c2)c(F)c1. The van der Waals surface area contributed by atoms with Gasteiger partial charge in [-0.15, -0.1) is 0 Å². The number of rotatable bonds is 8. The third-order valence-corrected chi connectivity index (χ3v) is 6.32. The fraction of sp³-hybridized carbons (Fsp3) is 0.226. The average Bonchev–Trinajstić information content (AvgIpc) is 2.87. The maximum absolute atomic E-state index is 15.0. The molecule has 0 spiro atoms. The maximum atomic E-state index is 15.0. The monoisotopic (exact) mass is 598 g/mol. The van der Waals surface area contributed by atoms with E-state index in [1.807, 2.05) is 6.92 Å². The Balaban J connectivity index is 1.63. The molecule has 0 unspecified atom stereocenters. The van der Waals surface area contributed by atoms with Crippen molar-refractivity contribution in [1.82, 2.24) is 0 Å². The van der Waals surface area contributed by atoms with Crippen LogP contribution < -0.4 is 4.74 Å². The molecule has 42 heavy (non-hydrogen) atoms. The van der Waals surface area contributed by atoms with Crippen LogP contribution >= 0.6 is 0 Å². The summed E-state index contributed by atoms with van der Waals surface area (Å²) < 4.78 is 145. The lowest BCUT2D eigenvalue weighted by Gasteiger charge is -2.20. The number of hydrogen-bond donors (Lipinski definition) is 0. The molecule has 220 valence electrons. The first-order chi connectivity index (χ1) is 19.7. The summed E-state index contributed by atoms with van der Waals surface area (Å²) in [6.07, 6.45) is -6.35. The Hall–Kier alpha value is -4.20. The summed E-state index contributed by atoms with van der Waals surface area (Å²) in [6.45, 7) is 2.01. The summed E-state index contributed by atoms with van der Waals surface area (Å²) in [7, 11) is 0. The van der Waals surface area contributed by atoms with E-state index in [0.717, 1.165) is 37.3 Å². The number of benzene rings is 4. The van der Waals surface area contributed by atoms with Gasteiger partial charge in [-0.05, 0) is 71.8 Å². The minimum absolute atomic E-state index is 0.208. The first-order valence-electron chi connectivity index (χ1n) is 12.6. The molecule has 0 aliphatic rings. The van der Waals surface area contributed by atoms with E-state index in [1.54, 1.807) is 6.07 Å². The molecule has 0 amide bonds. The molecular formula is C31H20F10O. The van der Waals surface area contributed by atoms with E-state index in [9.17, 15) is 43.9 Å². The summed E-state index contributed by atoms with van der Waals surface area (Å²) in [5.74, 6) is -5.94. The van der Waals surface area contributed by atoms with E-state index in [0.29, 0.717) is 36.2 Å². The molecule has 0 aliphatic carbocycles. The smallest absolute Gasteiger partial charge is 0.429 e. The Kier molecular flexibility index (Phi) is 8.76. The number of alkyl halides is 5. The van der Waals surface area contributed by atoms with Gasteiger partial charge in [0.15, 0.2) is 0 Å². The van der Waals surface area contributed by atoms with E-state index in [-0.39, 0.29) is 11.1 Å². The van der Waals surface area contributed by atoms with Gasteiger partial charge in [-0.25, -0.2) is 22.0 Å². The Morgan fingerprint density at radius 2 is 1.43 bits per heavy atom. The molecule has 0 atom stereocenters. The van der Waals surface area contributed by atoms with Crippen LogP contribution in [0, 0.1) is 40.9 Å². The van der Waals surface area contributed by atoms with Crippen molar-refractivity contribution in [3.63, 3.8) is 0 Å². The number of hydrogen-bond acceptors (Lipinski definition) is 1. The molecule has 0 radical (unpaired) electrons. The standard InChI is InChI=1S/C31H20F10O/c1-2-3-4-5-17-6-8-21(24(32)12-17)19-15-26(34)28(27(35)16-19)31(40,41)42-20-7-9-22-18(13-20)14-25(33)23(29(22)36)10-11-30(37,38)39/h6-9,12-16H,2-5H2,1H3. The molecule has 4 aromatic rings. The zero-order valence-electron chi connectivity index (χ0n) is 21.7. The first-order valence-corrected chi connectivity index (χ1v) is 12.6. The van der Waals surface area contributed by atoms with Gasteiger partial charge >= 0.3 is 12.3 Å². The molecule has 0 aromatic heterocycles. The molecule has 0 saturated carbocycles. The summed E-state index contributed by atoms with van der Waals surface area (Å²) in [4.78, 5) is 0. The van der Waals surface area contributed by atoms with Crippen molar-refractivity contribution in [1.29, 1.82) is 0 Å². The van der Waals surface area contributed by atoms with Gasteiger partial charge in [0.2, 0.25) is 0 Å². The fourth-order valence-corrected chi connectivity index (χ4v) is 4.35. The molecule has 1 nitrogen and oxygen atoms in total. The highest BCUT2D eigenvalue weighted by atomic mass is 19.4. The second-order valence-corrected chi connectivity index (χ2v) is 9.38. The Labute approximate surface area is 233 Å². The van der Waals surface area contributed by atoms with Crippen molar-refractivity contribution in [2.45, 2.75) is 44.9 Å². The summed E-state index contributed by atoms with van der Waals surface area (Å²) in [5, 5.41) is -0.876. The summed E-state index contributed by atoms with van der Waals surface area (Å²) >= 11 is 0. The molecule has 0 aliphatic heterocycles. The molecule has 0 bridgehead atoms. The Morgan fingerprint density at radius 3 is 2.05 bits per heavy atom. The lowest BCUT2D eigenvalue weighted by Crippen LogP contribution is -2.25. The molecule has 0 N–H and O–H groups in total. The van der Waals surface area contributed by atoms with E-state index in [2.05, 4.69) is 4.74 Å². The minimum Gasteiger partial charge on any atom is -0.429 e. The third kappa shape index (κ3) is 6.81. The van der Waals surface area contributed by atoms with Crippen LogP contribution in [0.4, 0.5) is 43.9 Å². The second kappa shape index (κ2) is 12.0. The van der Waals surface area contributed by atoms with E-state index in [1.165, 1.54) is 18.1 Å². The van der Waals surface area contributed by atoms with Crippen LogP contribution in [0.15, 0.2) is 54.6 Å². The van der Waals surface area contributed by atoms with Crippen LogP contribution in [-0.2, 0) is 12.5 Å². The topological polar surface area (TPSA) is 9.23 Å². The van der Waals surface area contributed by atoms with Gasteiger partial charge < -0.3 is 4.74 Å². The van der Waals surface area contributed by atoms with Gasteiger partial charge in [-0.2, -0.15) is 22.0 Å². The number of aryl methyl sites for hydroxylation is 1. The molecule has 0 heterocycles. The third-order valence-electron chi connectivity index (χ3n) is 6.32. The number of fused-ring (bicyclic) bond motifs is 1. The Bertz CT molecular complexity index is 1670. The largest absolute Gasteiger partial charge is 0.458 e. The predicted molar refractivity (Wildman–Crippen MR) is 136 cm³/mol. The molecule has 11 heteroatoms. The highest BCUT2D eigenvalue weighted by molar-refractivity contribution is 5.86. The highest BCUT2D eigenvalue weighted by Crippen LogP contribution is 2.38. The maximum Gasteiger partial charge on any atom is 0.458 e. The van der Waals surface area contributed by atoms with Crippen LogP contribution in [0.2, 0.25) is 0 Å². The van der Waals surface area contributed by atoms with Crippen molar-refractivity contribution in [3.8, 4) is 28.7 Å². The first kappa shape index (κ1) is 30.8. The van der Waals surface area contributed by atoms with Crippen LogP contribution in [-0.4, -0.2) is 6.18 Å². The molecule has 4 rings (SSSR count). The van der Waals surface area contributed by atoms with Crippen molar-refractivity contribution in [2.75, 3.05) is 0 Å². The second-order valence-electron chi connectivity index (χ2n) is 9.38. The fourth-order valence-electron chi connectivity index (χ4n) is 4.35. The van der Waals surface area contributed by atoms with E-state index >= 15 is 0 Å². The van der Waals surface area contributed by atoms with Gasteiger partial charge in [0.1, 0.15) is 40.4 Å². The van der Waals surface area contributed by atoms with Crippen LogP contribution in [0.5, 0.6) is 5.75 Å². The van der Waals surface area contributed by atoms with Crippen molar-refractivity contribution < 1.29 is 48.6 Å². The zero-order chi connectivity index (χ0) is 30.8. The van der Waals surface area contributed by atoms with E-state index < -0.39 is 69.0 Å². The predicted octanol–water partition coefficient (Wildman–Crippen LogP) is 9.98. The number of halogens is 10. The van der Waals surface area contributed by atoms with Gasteiger partial charge in [0.25, 0.3) is 0 Å². The van der Waals surface area contributed by atoms with Crippen molar-refractivity contribution in [2.24, 2.45) is 0 Å². The number of unbranched alkanes of at least 4 members (excludes halogenated alkanes) is 2. The summed E-state index contributed by atoms with van der Waals surface area (Å²) in [5.41, 5.74) is -2.85. The van der Waals surface area contributed by atoms with Crippen LogP contribution in [0.3, 0.4) is 0 Å². The van der Waals surface area contributed by atoms with Gasteiger partial charge in [0, 0.05) is 16.9 Å². The number of ether oxygens (including phenoxy) is 1. The molecule has 0 fully saturated rings. The van der Waals surface area contributed by atoms with Gasteiger partial charge in [-0.3, -0.25) is 0 Å². The highest BCUT2D eigenvalue weighted by Gasteiger charge is 2.41. The molecular weight excluding hydrogens is 578 g/mol. The molecule has 4 aromatic carbocycles. The minimum atomic E-state index is -5.02. The zero-order valence-corrected chi connectivity index (χ0v) is 21.7. The molecule has 0 saturated heterocycles. The van der Waals surface area contributed by atoms with Crippen LogP contribution in [0.1, 0.15) is 42.9 Å². The lowest BCUT2D eigenvalue weighted by atomic mass is 9.99. The average molecular weight is 598 g/mol. The van der Waals surface area contributed by atoms with Crippen molar-refractivity contribution in [3.05, 3.63) is 100 Å².